The third kappa shape index (κ3) is 5.37. The summed E-state index contributed by atoms with van der Waals surface area (Å²) >= 11 is 0. The van der Waals surface area contributed by atoms with E-state index in [2.05, 4.69) is 45.3 Å². The molecular formula is C17H20O13. The van der Waals surface area contributed by atoms with Crippen LogP contribution in [0.5, 0.6) is 0 Å². The number of aliphatic hydroxyl groups excluding tert-OH is 2. The van der Waals surface area contributed by atoms with Gasteiger partial charge in [-0.1, -0.05) is 26.3 Å². The molecule has 5 N–H and O–H groups in total. The first kappa shape index (κ1) is 26.6. The van der Waals surface area contributed by atoms with Crippen molar-refractivity contribution in [3.63, 3.8) is 0 Å². The molecule has 0 bridgehead atoms. The lowest BCUT2D eigenvalue weighted by atomic mass is 9.96. The zero-order valence-corrected chi connectivity index (χ0v) is 15.4. The highest BCUT2D eigenvalue weighted by Gasteiger charge is 2.76. The monoisotopic (exact) mass is 432 g/mol. The summed E-state index contributed by atoms with van der Waals surface area (Å²) in [6, 6.07) is 0. The van der Waals surface area contributed by atoms with Crippen molar-refractivity contribution >= 4 is 23.9 Å². The van der Waals surface area contributed by atoms with Gasteiger partial charge in [0, 0.05) is 24.3 Å². The van der Waals surface area contributed by atoms with Gasteiger partial charge in [-0.2, -0.15) is 0 Å². The van der Waals surface area contributed by atoms with Crippen LogP contribution in [0.15, 0.2) is 50.6 Å². The van der Waals surface area contributed by atoms with Crippen LogP contribution in [0.2, 0.25) is 0 Å². The Morgan fingerprint density at radius 3 is 1.40 bits per heavy atom. The molecule has 0 aliphatic heterocycles. The Hall–Kier alpha value is -3.36. The highest BCUT2D eigenvalue weighted by Crippen LogP contribution is 2.40. The second kappa shape index (κ2) is 10.4. The number of hydrogen-bond acceptors (Lipinski definition) is 13. The smallest absolute Gasteiger partial charge is 0.419 e. The molecule has 0 aromatic rings. The lowest BCUT2D eigenvalue weighted by molar-refractivity contribution is -0.509. The van der Waals surface area contributed by atoms with Crippen molar-refractivity contribution in [3.05, 3.63) is 50.6 Å². The van der Waals surface area contributed by atoms with E-state index in [-0.39, 0.29) is 0 Å². The topological polar surface area (TPSA) is 206 Å². The molecule has 3 atom stereocenters. The van der Waals surface area contributed by atoms with Crippen molar-refractivity contribution in [1.82, 2.24) is 0 Å². The maximum atomic E-state index is 11.7. The molecule has 166 valence electrons. The lowest BCUT2D eigenvalue weighted by Crippen LogP contribution is -2.77. The number of carbonyl (C=O) groups is 4. The largest absolute Gasteiger partial charge is 0.451 e. The summed E-state index contributed by atoms with van der Waals surface area (Å²) in [6.45, 7) is 10.4. The van der Waals surface area contributed by atoms with Crippen molar-refractivity contribution in [1.29, 1.82) is 0 Å². The minimum Gasteiger partial charge on any atom is -0.419 e. The Balaban J connectivity index is 7.08. The summed E-state index contributed by atoms with van der Waals surface area (Å²) < 4.78 is 17.3. The van der Waals surface area contributed by atoms with Gasteiger partial charge >= 0.3 is 41.4 Å². The molecule has 13 nitrogen and oxygen atoms in total. The average molecular weight is 432 g/mol. The molecule has 0 spiro atoms. The van der Waals surface area contributed by atoms with E-state index in [0.29, 0.717) is 24.3 Å². The van der Waals surface area contributed by atoms with Gasteiger partial charge in [0.25, 0.3) is 0 Å². The predicted octanol–water partition coefficient (Wildman–Crippen LogP) is -2.72. The van der Waals surface area contributed by atoms with Crippen LogP contribution in [0.3, 0.4) is 0 Å². The maximum Gasteiger partial charge on any atom is 0.451 e. The molecule has 0 radical (unpaired) electrons. The van der Waals surface area contributed by atoms with Crippen LogP contribution < -0.4 is 0 Å². The molecule has 30 heavy (non-hydrogen) atoms. The fraction of sp³-hybridized carbons (Fsp3) is 0.294. The summed E-state index contributed by atoms with van der Waals surface area (Å²) in [4.78, 5) is 46.7. The normalized spacial score (nSPS) is 15.8. The van der Waals surface area contributed by atoms with Gasteiger partial charge in [-0.25, -0.2) is 19.2 Å². The van der Waals surface area contributed by atoms with Gasteiger partial charge in [-0.3, -0.25) is 0 Å². The highest BCUT2D eigenvalue weighted by molar-refractivity contribution is 5.84. The van der Waals surface area contributed by atoms with E-state index in [1.54, 1.807) is 0 Å². The van der Waals surface area contributed by atoms with E-state index in [4.69, 9.17) is 0 Å². The number of rotatable bonds is 12. The number of carbonyl (C=O) groups excluding carboxylic acids is 4. The quantitative estimate of drug-likeness (QED) is 0.0920. The Bertz CT molecular complexity index is 720. The van der Waals surface area contributed by atoms with Crippen LogP contribution in [-0.2, 0) is 38.1 Å². The molecule has 13 heteroatoms. The lowest BCUT2D eigenvalue weighted by Gasteiger charge is -2.47. The predicted molar refractivity (Wildman–Crippen MR) is 93.1 cm³/mol. The minimum atomic E-state index is -4.34. The summed E-state index contributed by atoms with van der Waals surface area (Å²) in [5.74, 6) is -19.2. The van der Waals surface area contributed by atoms with Gasteiger partial charge in [0.1, 0.15) is 6.10 Å². The number of esters is 4. The molecule has 0 fully saturated rings. The van der Waals surface area contributed by atoms with E-state index < -0.39 is 54.1 Å². The second-order valence-corrected chi connectivity index (χ2v) is 5.12. The Morgan fingerprint density at radius 1 is 0.733 bits per heavy atom. The van der Waals surface area contributed by atoms with Crippen molar-refractivity contribution < 1.29 is 63.7 Å². The third-order valence-electron chi connectivity index (χ3n) is 3.19. The maximum absolute atomic E-state index is 11.7. The molecule has 0 heterocycles. The molecule has 0 aromatic carbocycles. The number of aliphatic hydroxyl groups is 5. The van der Waals surface area contributed by atoms with E-state index in [0.717, 1.165) is 0 Å². The first-order valence-corrected chi connectivity index (χ1v) is 7.68. The standard InChI is InChI=1S/C17H20O13/c1-5-11(20)27-15(24,10(19)9-18)16(25,28-12(21)6-2)17(26,29-13(22)7-3)30-14(23)8-4/h5-8,10,18-19,24-26H,1-4,9H2/t10-,15-,16+/m1/s1. The van der Waals surface area contributed by atoms with E-state index >= 15 is 0 Å². The summed E-state index contributed by atoms with van der Waals surface area (Å²) in [7, 11) is 0. The highest BCUT2D eigenvalue weighted by atomic mass is 16.9. The zero-order valence-electron chi connectivity index (χ0n) is 15.4. The first-order valence-electron chi connectivity index (χ1n) is 7.68. The van der Waals surface area contributed by atoms with E-state index in [1.807, 2.05) is 0 Å². The molecule has 0 rings (SSSR count). The van der Waals surface area contributed by atoms with Gasteiger partial charge in [-0.15, -0.1) is 0 Å². The van der Waals surface area contributed by atoms with Crippen molar-refractivity contribution in [2.75, 3.05) is 6.61 Å². The van der Waals surface area contributed by atoms with E-state index in [1.165, 1.54) is 0 Å². The Kier molecular flexibility index (Phi) is 9.26. The minimum absolute atomic E-state index is 0.344. The van der Waals surface area contributed by atoms with Crippen LogP contribution in [-0.4, -0.2) is 79.7 Å². The number of hydrogen-bond donors (Lipinski definition) is 5. The van der Waals surface area contributed by atoms with E-state index in [9.17, 15) is 44.7 Å². The number of ether oxygens (including phenoxy) is 4. The Morgan fingerprint density at radius 2 is 1.07 bits per heavy atom. The summed E-state index contributed by atoms with van der Waals surface area (Å²) in [6.07, 6.45) is -1.30. The molecule has 0 saturated heterocycles. The average Bonchev–Trinajstić information content (AvgIpc) is 2.71. The van der Waals surface area contributed by atoms with Gasteiger partial charge in [0.2, 0.25) is 0 Å². The van der Waals surface area contributed by atoms with Gasteiger partial charge in [-0.05, 0) is 0 Å². The fourth-order valence-electron chi connectivity index (χ4n) is 1.75. The summed E-state index contributed by atoms with van der Waals surface area (Å²) in [5.41, 5.74) is 0. The fourth-order valence-corrected chi connectivity index (χ4v) is 1.75. The molecule has 0 aromatic heterocycles. The van der Waals surface area contributed by atoms with Gasteiger partial charge < -0.3 is 44.5 Å². The third-order valence-corrected chi connectivity index (χ3v) is 3.19. The molecule has 0 saturated carbocycles. The van der Waals surface area contributed by atoms with Crippen LogP contribution in [0.4, 0.5) is 0 Å². The molecule has 0 aliphatic carbocycles. The molecule has 0 amide bonds. The van der Waals surface area contributed by atoms with Gasteiger partial charge in [0.05, 0.1) is 6.61 Å². The second-order valence-electron chi connectivity index (χ2n) is 5.12. The molecule has 0 unspecified atom stereocenters. The van der Waals surface area contributed by atoms with Crippen LogP contribution in [0, 0.1) is 0 Å². The van der Waals surface area contributed by atoms with Crippen molar-refractivity contribution in [2.24, 2.45) is 0 Å². The first-order chi connectivity index (χ1) is 13.8. The van der Waals surface area contributed by atoms with Crippen LogP contribution in [0.25, 0.3) is 0 Å². The SMILES string of the molecule is C=CC(=O)OC(O)(OC(=O)C=C)[C@@](O)(OC(=O)C=C)[C@](O)(OC(=O)C=C)[C@H](O)CO. The Labute approximate surface area is 169 Å². The molecular weight excluding hydrogens is 412 g/mol. The van der Waals surface area contributed by atoms with Gasteiger partial charge in [0.15, 0.2) is 0 Å². The van der Waals surface area contributed by atoms with Crippen LogP contribution in [0.1, 0.15) is 0 Å². The van der Waals surface area contributed by atoms with Crippen LogP contribution >= 0.6 is 0 Å². The molecule has 0 aliphatic rings. The zero-order chi connectivity index (χ0) is 23.8. The van der Waals surface area contributed by atoms with Crippen molar-refractivity contribution in [3.8, 4) is 0 Å². The van der Waals surface area contributed by atoms with Crippen molar-refractivity contribution in [2.45, 2.75) is 23.7 Å². The summed E-state index contributed by atoms with van der Waals surface area (Å²) in [5, 5.41) is 51.4.